The van der Waals surface area contributed by atoms with Crippen LogP contribution in [0.4, 0.5) is 11.4 Å². The SMILES string of the molecule is Cc1ccc([N+](=O)[O-])cc1-c1ccc(/C=C2\C(=O)NC(=S)N(c3ccccc3C)C2=O)o1. The first kappa shape index (κ1) is 21.1. The largest absolute Gasteiger partial charge is 0.457 e. The maximum atomic E-state index is 13.1. The number of hydrogen-bond donors (Lipinski definition) is 1. The van der Waals surface area contributed by atoms with Crippen molar-refractivity contribution in [3.05, 3.63) is 87.2 Å². The van der Waals surface area contributed by atoms with E-state index in [4.69, 9.17) is 16.6 Å². The topological polar surface area (TPSA) is 106 Å². The Kier molecular flexibility index (Phi) is 5.41. The molecule has 9 heteroatoms. The summed E-state index contributed by atoms with van der Waals surface area (Å²) in [4.78, 5) is 37.5. The van der Waals surface area contributed by atoms with Crippen molar-refractivity contribution in [2.45, 2.75) is 13.8 Å². The average molecular weight is 447 g/mol. The number of para-hydroxylation sites is 1. The Morgan fingerprint density at radius 3 is 2.53 bits per heavy atom. The van der Waals surface area contributed by atoms with Gasteiger partial charge in [-0.1, -0.05) is 24.3 Å². The van der Waals surface area contributed by atoms with Gasteiger partial charge in [0.25, 0.3) is 17.5 Å². The van der Waals surface area contributed by atoms with Crippen LogP contribution in [0.25, 0.3) is 17.4 Å². The highest BCUT2D eigenvalue weighted by atomic mass is 32.1. The van der Waals surface area contributed by atoms with Crippen LogP contribution >= 0.6 is 12.2 Å². The number of amides is 2. The van der Waals surface area contributed by atoms with Crippen molar-refractivity contribution in [2.24, 2.45) is 0 Å². The van der Waals surface area contributed by atoms with Crippen molar-refractivity contribution in [2.75, 3.05) is 4.90 Å². The zero-order valence-electron chi connectivity index (χ0n) is 17.1. The summed E-state index contributed by atoms with van der Waals surface area (Å²) in [5.74, 6) is -0.568. The van der Waals surface area contributed by atoms with E-state index in [1.165, 1.54) is 23.1 Å². The van der Waals surface area contributed by atoms with Crippen LogP contribution in [0.1, 0.15) is 16.9 Å². The van der Waals surface area contributed by atoms with Gasteiger partial charge in [-0.05, 0) is 61.5 Å². The molecular weight excluding hydrogens is 430 g/mol. The minimum Gasteiger partial charge on any atom is -0.457 e. The van der Waals surface area contributed by atoms with Crippen LogP contribution in [0.15, 0.2) is 64.6 Å². The molecule has 0 atom stereocenters. The van der Waals surface area contributed by atoms with Gasteiger partial charge in [-0.3, -0.25) is 29.9 Å². The number of carbonyl (C=O) groups is 2. The van der Waals surface area contributed by atoms with E-state index < -0.39 is 16.7 Å². The Morgan fingerprint density at radius 2 is 1.81 bits per heavy atom. The normalized spacial score (nSPS) is 15.2. The third kappa shape index (κ3) is 3.81. The van der Waals surface area contributed by atoms with Crippen LogP contribution in [-0.4, -0.2) is 21.9 Å². The van der Waals surface area contributed by atoms with Crippen LogP contribution in [-0.2, 0) is 9.59 Å². The molecule has 2 aromatic carbocycles. The first-order valence-electron chi connectivity index (χ1n) is 9.58. The van der Waals surface area contributed by atoms with Crippen molar-refractivity contribution in [3.63, 3.8) is 0 Å². The summed E-state index contributed by atoms with van der Waals surface area (Å²) < 4.78 is 5.79. The van der Waals surface area contributed by atoms with Gasteiger partial charge in [-0.25, -0.2) is 0 Å². The molecule has 2 amide bonds. The molecule has 1 N–H and O–H groups in total. The number of aryl methyl sites for hydroxylation is 2. The molecule has 0 aliphatic carbocycles. The van der Waals surface area contributed by atoms with E-state index in [1.54, 1.807) is 37.3 Å². The van der Waals surface area contributed by atoms with E-state index in [9.17, 15) is 19.7 Å². The molecular formula is C23H17N3O5S. The van der Waals surface area contributed by atoms with Gasteiger partial charge in [0.15, 0.2) is 5.11 Å². The number of benzene rings is 2. The summed E-state index contributed by atoms with van der Waals surface area (Å²) in [5.41, 5.74) is 2.52. The second-order valence-corrected chi connectivity index (χ2v) is 7.59. The summed E-state index contributed by atoms with van der Waals surface area (Å²) in [6.45, 7) is 3.64. The van der Waals surface area contributed by atoms with E-state index in [-0.39, 0.29) is 22.1 Å². The number of carbonyl (C=O) groups excluding carboxylic acids is 2. The van der Waals surface area contributed by atoms with Gasteiger partial charge in [0, 0.05) is 17.7 Å². The molecule has 8 nitrogen and oxygen atoms in total. The smallest absolute Gasteiger partial charge is 0.270 e. The summed E-state index contributed by atoms with van der Waals surface area (Å²) in [5, 5.41) is 13.6. The number of thiocarbonyl (C=S) groups is 1. The number of nitrogens with one attached hydrogen (secondary N) is 1. The van der Waals surface area contributed by atoms with Crippen LogP contribution < -0.4 is 10.2 Å². The quantitative estimate of drug-likeness (QED) is 0.210. The number of anilines is 1. The minimum atomic E-state index is -0.630. The number of nitrogens with zero attached hydrogens (tertiary/aromatic N) is 2. The van der Waals surface area contributed by atoms with Crippen molar-refractivity contribution >= 4 is 46.6 Å². The lowest BCUT2D eigenvalue weighted by atomic mass is 10.1. The van der Waals surface area contributed by atoms with E-state index in [0.29, 0.717) is 17.0 Å². The first-order chi connectivity index (χ1) is 15.3. The van der Waals surface area contributed by atoms with Gasteiger partial charge in [0.05, 0.1) is 10.6 Å². The molecule has 0 bridgehead atoms. The number of nitro benzene ring substituents is 1. The lowest BCUT2D eigenvalue weighted by molar-refractivity contribution is -0.384. The van der Waals surface area contributed by atoms with Crippen molar-refractivity contribution in [1.82, 2.24) is 5.32 Å². The second kappa shape index (κ2) is 8.20. The van der Waals surface area contributed by atoms with Gasteiger partial charge >= 0.3 is 0 Å². The van der Waals surface area contributed by atoms with Crippen LogP contribution in [0, 0.1) is 24.0 Å². The first-order valence-corrected chi connectivity index (χ1v) is 9.99. The molecule has 1 saturated heterocycles. The van der Waals surface area contributed by atoms with Crippen molar-refractivity contribution in [3.8, 4) is 11.3 Å². The zero-order chi connectivity index (χ0) is 23.0. The van der Waals surface area contributed by atoms with E-state index in [2.05, 4.69) is 5.32 Å². The molecule has 1 aliphatic heterocycles. The minimum absolute atomic E-state index is 0.00111. The van der Waals surface area contributed by atoms with E-state index in [0.717, 1.165) is 11.1 Å². The predicted octanol–water partition coefficient (Wildman–Crippen LogP) is 4.30. The number of rotatable bonds is 4. The van der Waals surface area contributed by atoms with Crippen LogP contribution in [0.2, 0.25) is 0 Å². The fourth-order valence-corrected chi connectivity index (χ4v) is 3.67. The summed E-state index contributed by atoms with van der Waals surface area (Å²) in [6, 6.07) is 14.9. The third-order valence-corrected chi connectivity index (χ3v) is 5.35. The molecule has 1 aliphatic rings. The Hall–Kier alpha value is -4.11. The zero-order valence-corrected chi connectivity index (χ0v) is 17.9. The molecule has 1 aromatic heterocycles. The van der Waals surface area contributed by atoms with Gasteiger partial charge in [-0.2, -0.15) is 0 Å². The van der Waals surface area contributed by atoms with Crippen molar-refractivity contribution < 1.29 is 18.9 Å². The molecule has 4 rings (SSSR count). The Labute approximate surface area is 188 Å². The lowest BCUT2D eigenvalue weighted by Gasteiger charge is -2.29. The standard InChI is InChI=1S/C23H17N3O5S/c1-13-7-8-15(26(29)30)11-17(13)20-10-9-16(31-20)12-18-21(27)24-23(32)25(22(18)28)19-6-4-3-5-14(19)2/h3-12H,1-2H3,(H,24,27,32)/b18-12+. The third-order valence-electron chi connectivity index (χ3n) is 5.07. The number of non-ortho nitro benzene ring substituents is 1. The molecule has 32 heavy (non-hydrogen) atoms. The second-order valence-electron chi connectivity index (χ2n) is 7.20. The molecule has 160 valence electrons. The number of nitro groups is 1. The average Bonchev–Trinajstić information content (AvgIpc) is 3.21. The van der Waals surface area contributed by atoms with Gasteiger partial charge < -0.3 is 4.42 Å². The highest BCUT2D eigenvalue weighted by Gasteiger charge is 2.35. The summed E-state index contributed by atoms with van der Waals surface area (Å²) >= 11 is 5.22. The Balaban J connectivity index is 1.71. The van der Waals surface area contributed by atoms with E-state index >= 15 is 0 Å². The van der Waals surface area contributed by atoms with Gasteiger partial charge in [-0.15, -0.1) is 0 Å². The lowest BCUT2D eigenvalue weighted by Crippen LogP contribution is -2.54. The molecule has 2 heterocycles. The van der Waals surface area contributed by atoms with E-state index in [1.807, 2.05) is 19.1 Å². The molecule has 0 spiro atoms. The maximum Gasteiger partial charge on any atom is 0.270 e. The number of hydrogen-bond acceptors (Lipinski definition) is 6. The van der Waals surface area contributed by atoms with Crippen LogP contribution in [0.3, 0.4) is 0 Å². The monoisotopic (exact) mass is 447 g/mol. The highest BCUT2D eigenvalue weighted by molar-refractivity contribution is 7.80. The Bertz CT molecular complexity index is 1320. The van der Waals surface area contributed by atoms with Gasteiger partial charge in [0.1, 0.15) is 17.1 Å². The molecule has 3 aromatic rings. The predicted molar refractivity (Wildman–Crippen MR) is 123 cm³/mol. The fraction of sp³-hybridized carbons (Fsp3) is 0.0870. The fourth-order valence-electron chi connectivity index (χ4n) is 3.40. The molecule has 0 saturated carbocycles. The summed E-state index contributed by atoms with van der Waals surface area (Å²) in [7, 11) is 0. The maximum absolute atomic E-state index is 13.1. The van der Waals surface area contributed by atoms with Gasteiger partial charge in [0.2, 0.25) is 0 Å². The van der Waals surface area contributed by atoms with Crippen LogP contribution in [0.5, 0.6) is 0 Å². The Morgan fingerprint density at radius 1 is 1.06 bits per heavy atom. The molecule has 0 unspecified atom stereocenters. The molecule has 1 fully saturated rings. The molecule has 0 radical (unpaired) electrons. The van der Waals surface area contributed by atoms with Crippen molar-refractivity contribution in [1.29, 1.82) is 0 Å². The summed E-state index contributed by atoms with van der Waals surface area (Å²) in [6.07, 6.45) is 1.33. The number of furan rings is 1. The highest BCUT2D eigenvalue weighted by Crippen LogP contribution is 2.30.